The molecule has 0 spiro atoms. The Bertz CT molecular complexity index is 363. The van der Waals surface area contributed by atoms with E-state index in [0.29, 0.717) is 12.1 Å². The highest BCUT2D eigenvalue weighted by Crippen LogP contribution is 2.21. The van der Waals surface area contributed by atoms with Gasteiger partial charge in [0.2, 0.25) is 5.88 Å². The summed E-state index contributed by atoms with van der Waals surface area (Å²) < 4.78 is 10.6. The van der Waals surface area contributed by atoms with Crippen LogP contribution in [0.3, 0.4) is 0 Å². The molecular formula is C14H22N2O2. The third kappa shape index (κ3) is 3.43. The van der Waals surface area contributed by atoms with Crippen LogP contribution in [0, 0.1) is 0 Å². The number of rotatable bonds is 5. The van der Waals surface area contributed by atoms with E-state index in [9.17, 15) is 0 Å². The largest absolute Gasteiger partial charge is 0.481 e. The summed E-state index contributed by atoms with van der Waals surface area (Å²) in [7, 11) is 3.47. The van der Waals surface area contributed by atoms with Crippen molar-refractivity contribution in [3.05, 3.63) is 23.9 Å². The first-order valence-corrected chi connectivity index (χ1v) is 6.57. The van der Waals surface area contributed by atoms with Crippen molar-refractivity contribution in [2.75, 3.05) is 14.2 Å². The molecule has 1 aromatic rings. The summed E-state index contributed by atoms with van der Waals surface area (Å²) in [6.07, 6.45) is 6.88. The lowest BCUT2D eigenvalue weighted by Gasteiger charge is -2.28. The second kappa shape index (κ2) is 6.71. The van der Waals surface area contributed by atoms with Gasteiger partial charge < -0.3 is 14.8 Å². The highest BCUT2D eigenvalue weighted by Gasteiger charge is 2.20. The van der Waals surface area contributed by atoms with Gasteiger partial charge >= 0.3 is 0 Å². The molecule has 1 aliphatic rings. The summed E-state index contributed by atoms with van der Waals surface area (Å²) in [5.74, 6) is 0.718. The van der Waals surface area contributed by atoms with Crippen molar-refractivity contribution >= 4 is 0 Å². The molecule has 18 heavy (non-hydrogen) atoms. The van der Waals surface area contributed by atoms with Crippen LogP contribution in [0.5, 0.6) is 5.88 Å². The fourth-order valence-electron chi connectivity index (χ4n) is 2.50. The minimum absolute atomic E-state index is 0.455. The number of ether oxygens (including phenoxy) is 2. The Morgan fingerprint density at radius 3 is 2.72 bits per heavy atom. The Kier molecular flexibility index (Phi) is 4.96. The van der Waals surface area contributed by atoms with E-state index >= 15 is 0 Å². The summed E-state index contributed by atoms with van der Waals surface area (Å²) >= 11 is 0. The number of hydrogen-bond acceptors (Lipinski definition) is 4. The van der Waals surface area contributed by atoms with Gasteiger partial charge in [-0.25, -0.2) is 4.98 Å². The highest BCUT2D eigenvalue weighted by molar-refractivity contribution is 5.25. The summed E-state index contributed by atoms with van der Waals surface area (Å²) in [4.78, 5) is 4.20. The normalized spacial score (nSPS) is 23.9. The van der Waals surface area contributed by atoms with Crippen LogP contribution in [0.15, 0.2) is 18.3 Å². The maximum atomic E-state index is 5.38. The van der Waals surface area contributed by atoms with Gasteiger partial charge in [-0.05, 0) is 31.7 Å². The zero-order valence-corrected chi connectivity index (χ0v) is 11.2. The number of hydrogen-bond donors (Lipinski definition) is 1. The third-order valence-electron chi connectivity index (χ3n) is 3.63. The van der Waals surface area contributed by atoms with Crippen molar-refractivity contribution in [2.45, 2.75) is 44.4 Å². The SMILES string of the molecule is COc1ncccc1CNC1CCC(OC)CC1. The topological polar surface area (TPSA) is 43.4 Å². The summed E-state index contributed by atoms with van der Waals surface area (Å²) in [5, 5.41) is 3.58. The van der Waals surface area contributed by atoms with Crippen LogP contribution in [0.4, 0.5) is 0 Å². The standard InChI is InChI=1S/C14H22N2O2/c1-17-13-7-5-12(6-8-13)16-10-11-4-3-9-15-14(11)18-2/h3-4,9,12-13,16H,5-8,10H2,1-2H3. The van der Waals surface area contributed by atoms with Crippen molar-refractivity contribution < 1.29 is 9.47 Å². The molecule has 1 N–H and O–H groups in total. The fourth-order valence-corrected chi connectivity index (χ4v) is 2.50. The van der Waals surface area contributed by atoms with Gasteiger partial charge in [-0.2, -0.15) is 0 Å². The molecule has 4 heteroatoms. The molecule has 0 aliphatic heterocycles. The van der Waals surface area contributed by atoms with E-state index in [1.165, 1.54) is 12.8 Å². The number of nitrogens with one attached hydrogen (secondary N) is 1. The molecule has 0 saturated heterocycles. The molecule has 100 valence electrons. The highest BCUT2D eigenvalue weighted by atomic mass is 16.5. The Balaban J connectivity index is 1.81. The molecule has 0 unspecified atom stereocenters. The fraction of sp³-hybridized carbons (Fsp3) is 0.643. The molecule has 1 aliphatic carbocycles. The Labute approximate surface area is 109 Å². The number of methoxy groups -OCH3 is 2. The second-order valence-corrected chi connectivity index (χ2v) is 4.76. The third-order valence-corrected chi connectivity index (χ3v) is 3.63. The van der Waals surface area contributed by atoms with E-state index < -0.39 is 0 Å². The van der Waals surface area contributed by atoms with Crippen LogP contribution in [0.1, 0.15) is 31.2 Å². The van der Waals surface area contributed by atoms with Crippen LogP contribution in [-0.4, -0.2) is 31.3 Å². The smallest absolute Gasteiger partial charge is 0.217 e. The van der Waals surface area contributed by atoms with Gasteiger partial charge in [0.25, 0.3) is 0 Å². The molecule has 0 amide bonds. The predicted octanol–water partition coefficient (Wildman–Crippen LogP) is 2.14. The molecule has 4 nitrogen and oxygen atoms in total. The maximum absolute atomic E-state index is 5.38. The van der Waals surface area contributed by atoms with Crippen LogP contribution >= 0.6 is 0 Å². The van der Waals surface area contributed by atoms with Gasteiger partial charge in [-0.1, -0.05) is 6.07 Å². The number of nitrogens with zero attached hydrogens (tertiary/aromatic N) is 1. The molecule has 1 fully saturated rings. The van der Waals surface area contributed by atoms with Gasteiger partial charge in [-0.3, -0.25) is 0 Å². The van der Waals surface area contributed by atoms with Crippen LogP contribution in [-0.2, 0) is 11.3 Å². The lowest BCUT2D eigenvalue weighted by atomic mass is 9.93. The van der Waals surface area contributed by atoms with Crippen molar-refractivity contribution in [2.24, 2.45) is 0 Å². The minimum Gasteiger partial charge on any atom is -0.481 e. The van der Waals surface area contributed by atoms with Gasteiger partial charge in [0, 0.05) is 31.5 Å². The lowest BCUT2D eigenvalue weighted by molar-refractivity contribution is 0.0623. The van der Waals surface area contributed by atoms with Gasteiger partial charge in [-0.15, -0.1) is 0 Å². The van der Waals surface area contributed by atoms with Crippen molar-refractivity contribution in [3.63, 3.8) is 0 Å². The van der Waals surface area contributed by atoms with Crippen molar-refractivity contribution in [3.8, 4) is 5.88 Å². The molecule has 0 atom stereocenters. The first-order valence-electron chi connectivity index (χ1n) is 6.57. The zero-order valence-electron chi connectivity index (χ0n) is 11.2. The van der Waals surface area contributed by atoms with E-state index in [0.717, 1.165) is 30.8 Å². The van der Waals surface area contributed by atoms with Crippen LogP contribution in [0.25, 0.3) is 0 Å². The molecule has 0 bridgehead atoms. The van der Waals surface area contributed by atoms with Gasteiger partial charge in [0.05, 0.1) is 13.2 Å². The van der Waals surface area contributed by atoms with Crippen LogP contribution in [0.2, 0.25) is 0 Å². The van der Waals surface area contributed by atoms with Gasteiger partial charge in [0.1, 0.15) is 0 Å². The first kappa shape index (κ1) is 13.3. The number of pyridine rings is 1. The number of aromatic nitrogens is 1. The van der Waals surface area contributed by atoms with Crippen molar-refractivity contribution in [1.29, 1.82) is 0 Å². The van der Waals surface area contributed by atoms with E-state index in [4.69, 9.17) is 9.47 Å². The zero-order chi connectivity index (χ0) is 12.8. The van der Waals surface area contributed by atoms with E-state index in [-0.39, 0.29) is 0 Å². The molecule has 0 aromatic carbocycles. The molecule has 1 saturated carbocycles. The monoisotopic (exact) mass is 250 g/mol. The first-order chi connectivity index (χ1) is 8.83. The maximum Gasteiger partial charge on any atom is 0.217 e. The Hall–Kier alpha value is -1.13. The van der Waals surface area contributed by atoms with Crippen molar-refractivity contribution in [1.82, 2.24) is 10.3 Å². The van der Waals surface area contributed by atoms with E-state index in [2.05, 4.69) is 16.4 Å². The summed E-state index contributed by atoms with van der Waals surface area (Å²) in [5.41, 5.74) is 1.12. The molecule has 1 aromatic heterocycles. The average Bonchev–Trinajstić information content (AvgIpc) is 2.46. The Morgan fingerprint density at radius 2 is 2.06 bits per heavy atom. The molecular weight excluding hydrogens is 228 g/mol. The Morgan fingerprint density at radius 1 is 1.28 bits per heavy atom. The lowest BCUT2D eigenvalue weighted by Crippen LogP contribution is -2.34. The quantitative estimate of drug-likeness (QED) is 0.869. The molecule has 0 radical (unpaired) electrons. The predicted molar refractivity (Wildman–Crippen MR) is 70.7 cm³/mol. The summed E-state index contributed by atoms with van der Waals surface area (Å²) in [6, 6.07) is 4.59. The average molecular weight is 250 g/mol. The molecule has 1 heterocycles. The van der Waals surface area contributed by atoms with Gasteiger partial charge in [0.15, 0.2) is 0 Å². The minimum atomic E-state index is 0.455. The molecule has 2 rings (SSSR count). The van der Waals surface area contributed by atoms with Crippen LogP contribution < -0.4 is 10.1 Å². The van der Waals surface area contributed by atoms with E-state index in [1.54, 1.807) is 20.4 Å². The van der Waals surface area contributed by atoms with E-state index in [1.807, 2.05) is 6.07 Å². The second-order valence-electron chi connectivity index (χ2n) is 4.76. The summed E-state index contributed by atoms with van der Waals surface area (Å²) in [6.45, 7) is 0.819.